The van der Waals surface area contributed by atoms with E-state index >= 15 is 0 Å². The highest BCUT2D eigenvalue weighted by molar-refractivity contribution is 5.71. The third kappa shape index (κ3) is 5.32. The summed E-state index contributed by atoms with van der Waals surface area (Å²) in [5, 5.41) is 24.0. The maximum absolute atomic E-state index is 14.9. The minimum Gasteiger partial charge on any atom is -0.494 e. The number of piperidine rings is 1. The van der Waals surface area contributed by atoms with Crippen LogP contribution in [-0.4, -0.2) is 53.0 Å². The summed E-state index contributed by atoms with van der Waals surface area (Å²) >= 11 is 0. The molecule has 0 aliphatic carbocycles. The summed E-state index contributed by atoms with van der Waals surface area (Å²) in [6.07, 6.45) is -4.10. The van der Waals surface area contributed by atoms with E-state index in [2.05, 4.69) is 5.32 Å². The molecule has 1 aliphatic heterocycles. The Balaban J connectivity index is 1.70. The van der Waals surface area contributed by atoms with E-state index in [4.69, 9.17) is 4.74 Å². The van der Waals surface area contributed by atoms with Crippen molar-refractivity contribution in [2.24, 2.45) is 7.05 Å². The molecule has 2 unspecified atom stereocenters. The van der Waals surface area contributed by atoms with Crippen LogP contribution in [0.5, 0.6) is 5.75 Å². The number of aliphatic hydroxyl groups is 2. The first-order valence-corrected chi connectivity index (χ1v) is 12.0. The van der Waals surface area contributed by atoms with Crippen molar-refractivity contribution in [3.63, 3.8) is 0 Å². The molecule has 1 fully saturated rings. The van der Waals surface area contributed by atoms with Gasteiger partial charge in [0.1, 0.15) is 11.9 Å². The van der Waals surface area contributed by atoms with Crippen LogP contribution in [0.3, 0.4) is 0 Å². The number of halogens is 4. The Morgan fingerprint density at radius 1 is 1.11 bits per heavy atom. The summed E-state index contributed by atoms with van der Waals surface area (Å²) in [6.45, 7) is 0.369. The molecular formula is C27H31F4N3O3. The number of hydrogen-bond acceptors (Lipinski definition) is 5. The molecule has 4 rings (SSSR count). The van der Waals surface area contributed by atoms with E-state index in [1.54, 1.807) is 22.6 Å². The molecule has 1 aliphatic rings. The number of aromatic nitrogens is 1. The molecule has 0 spiro atoms. The summed E-state index contributed by atoms with van der Waals surface area (Å²) in [5.41, 5.74) is 0.748. The topological polar surface area (TPSA) is 69.9 Å². The van der Waals surface area contributed by atoms with Gasteiger partial charge in [-0.2, -0.15) is 0 Å². The van der Waals surface area contributed by atoms with Gasteiger partial charge in [0.15, 0.2) is 11.6 Å². The van der Waals surface area contributed by atoms with Crippen molar-refractivity contribution < 1.29 is 32.5 Å². The van der Waals surface area contributed by atoms with Crippen molar-refractivity contribution in [3.8, 4) is 17.0 Å². The zero-order chi connectivity index (χ0) is 26.7. The SMILES string of the molecule is COc1cc(F)c(-c2cc(N3CCCC(NCc4ccccc4)(C(O)C(F)F)C3)c(CO)n2C)cc1F. The predicted octanol–water partition coefficient (Wildman–Crippen LogP) is 4.23. The number of ether oxygens (including phenoxy) is 1. The normalized spacial score (nSPS) is 18.9. The third-order valence-corrected chi connectivity index (χ3v) is 7.16. The van der Waals surface area contributed by atoms with Crippen molar-refractivity contribution in [3.05, 3.63) is 71.4 Å². The molecule has 10 heteroatoms. The maximum atomic E-state index is 14.9. The van der Waals surface area contributed by atoms with Crippen LogP contribution >= 0.6 is 0 Å². The van der Waals surface area contributed by atoms with Crippen LogP contribution in [0.1, 0.15) is 24.1 Å². The van der Waals surface area contributed by atoms with E-state index in [0.29, 0.717) is 36.5 Å². The lowest BCUT2D eigenvalue weighted by Gasteiger charge is -2.47. The zero-order valence-corrected chi connectivity index (χ0v) is 20.7. The Hall–Kier alpha value is -3.08. The molecule has 0 amide bonds. The number of aliphatic hydroxyl groups excluding tert-OH is 2. The molecule has 2 atom stereocenters. The molecule has 3 N–H and O–H groups in total. The van der Waals surface area contributed by atoms with E-state index in [0.717, 1.165) is 17.7 Å². The Kier molecular flexibility index (Phi) is 8.11. The molecule has 200 valence electrons. The van der Waals surface area contributed by atoms with Crippen LogP contribution < -0.4 is 15.0 Å². The monoisotopic (exact) mass is 521 g/mol. The van der Waals surface area contributed by atoms with Crippen molar-refractivity contribution >= 4 is 5.69 Å². The summed E-state index contributed by atoms with van der Waals surface area (Å²) < 4.78 is 63.4. The van der Waals surface area contributed by atoms with Gasteiger partial charge in [-0.05, 0) is 30.5 Å². The van der Waals surface area contributed by atoms with Gasteiger partial charge < -0.3 is 29.7 Å². The van der Waals surface area contributed by atoms with Crippen LogP contribution in [0.4, 0.5) is 23.2 Å². The summed E-state index contributed by atoms with van der Waals surface area (Å²) in [6, 6.07) is 12.9. The number of methoxy groups -OCH3 is 1. The molecule has 0 bridgehead atoms. The number of alkyl halides is 2. The fourth-order valence-corrected chi connectivity index (χ4v) is 5.12. The smallest absolute Gasteiger partial charge is 0.265 e. The van der Waals surface area contributed by atoms with Crippen LogP contribution in [0.15, 0.2) is 48.5 Å². The Bertz CT molecular complexity index is 1220. The highest BCUT2D eigenvalue weighted by atomic mass is 19.3. The minimum absolute atomic E-state index is 0.0279. The molecule has 2 aromatic carbocycles. The minimum atomic E-state index is -2.97. The number of nitrogens with zero attached hydrogens (tertiary/aromatic N) is 2. The van der Waals surface area contributed by atoms with Gasteiger partial charge in [0.05, 0.1) is 36.3 Å². The van der Waals surface area contributed by atoms with E-state index in [1.165, 1.54) is 7.11 Å². The molecule has 0 saturated carbocycles. The molecule has 1 aromatic heterocycles. The van der Waals surface area contributed by atoms with Crippen LogP contribution in [0, 0.1) is 11.6 Å². The average molecular weight is 522 g/mol. The van der Waals surface area contributed by atoms with Crippen molar-refractivity contribution in [1.29, 1.82) is 0 Å². The Morgan fingerprint density at radius 2 is 1.84 bits per heavy atom. The van der Waals surface area contributed by atoms with Gasteiger partial charge in [-0.3, -0.25) is 0 Å². The van der Waals surface area contributed by atoms with Gasteiger partial charge in [-0.25, -0.2) is 17.6 Å². The molecule has 0 radical (unpaired) electrons. The number of rotatable bonds is 9. The quantitative estimate of drug-likeness (QED) is 0.368. The van der Waals surface area contributed by atoms with E-state index in [1.807, 2.05) is 30.3 Å². The van der Waals surface area contributed by atoms with Crippen LogP contribution in [-0.2, 0) is 20.2 Å². The van der Waals surface area contributed by atoms with E-state index in [9.17, 15) is 27.8 Å². The second-order valence-corrected chi connectivity index (χ2v) is 9.34. The number of anilines is 1. The van der Waals surface area contributed by atoms with Crippen molar-refractivity contribution in [1.82, 2.24) is 9.88 Å². The van der Waals surface area contributed by atoms with Crippen molar-refractivity contribution in [2.75, 3.05) is 25.1 Å². The number of benzene rings is 2. The van der Waals surface area contributed by atoms with Crippen LogP contribution in [0.25, 0.3) is 11.3 Å². The van der Waals surface area contributed by atoms with Gasteiger partial charge >= 0.3 is 0 Å². The third-order valence-electron chi connectivity index (χ3n) is 7.16. The molecule has 37 heavy (non-hydrogen) atoms. The molecule has 2 heterocycles. The molecule has 3 aromatic rings. The van der Waals surface area contributed by atoms with Gasteiger partial charge in [0.2, 0.25) is 0 Å². The first-order valence-electron chi connectivity index (χ1n) is 12.0. The highest BCUT2D eigenvalue weighted by Gasteiger charge is 2.46. The number of nitrogens with one attached hydrogen (secondary N) is 1. The average Bonchev–Trinajstić information content (AvgIpc) is 3.24. The first-order chi connectivity index (χ1) is 17.7. The summed E-state index contributed by atoms with van der Waals surface area (Å²) in [4.78, 5) is 1.81. The van der Waals surface area contributed by atoms with Gasteiger partial charge in [-0.1, -0.05) is 30.3 Å². The van der Waals surface area contributed by atoms with E-state index < -0.39 is 36.3 Å². The van der Waals surface area contributed by atoms with Crippen molar-refractivity contribution in [2.45, 2.75) is 44.1 Å². The largest absolute Gasteiger partial charge is 0.494 e. The molecule has 6 nitrogen and oxygen atoms in total. The first kappa shape index (κ1) is 27.0. The maximum Gasteiger partial charge on any atom is 0.265 e. The standard InChI is InChI=1S/C27H31F4N3O3/c1-33-21(18-11-20(29)24(37-2)12-19(18)28)13-22(23(33)15-35)34-10-6-9-27(16-34,25(36)26(30)31)32-14-17-7-4-3-5-8-17/h3-5,7-8,11-13,25-26,32,35-36H,6,9-10,14-16H2,1-2H3. The van der Waals surface area contributed by atoms with Gasteiger partial charge in [0, 0.05) is 38.3 Å². The molecular weight excluding hydrogens is 490 g/mol. The van der Waals surface area contributed by atoms with E-state index in [-0.39, 0.29) is 24.4 Å². The zero-order valence-electron chi connectivity index (χ0n) is 20.7. The lowest BCUT2D eigenvalue weighted by molar-refractivity contribution is -0.0658. The lowest BCUT2D eigenvalue weighted by Crippen LogP contribution is -2.65. The second kappa shape index (κ2) is 11.1. The Labute approximate surface area is 213 Å². The molecule has 1 saturated heterocycles. The highest BCUT2D eigenvalue weighted by Crippen LogP contribution is 2.38. The summed E-state index contributed by atoms with van der Waals surface area (Å²) in [5.74, 6) is -1.68. The van der Waals surface area contributed by atoms with Gasteiger partial charge in [0.25, 0.3) is 6.43 Å². The number of hydrogen-bond donors (Lipinski definition) is 3. The summed E-state index contributed by atoms with van der Waals surface area (Å²) in [7, 11) is 2.86. The fraction of sp³-hybridized carbons (Fsp3) is 0.407. The van der Waals surface area contributed by atoms with Crippen LogP contribution in [0.2, 0.25) is 0 Å². The second-order valence-electron chi connectivity index (χ2n) is 9.34. The predicted molar refractivity (Wildman–Crippen MR) is 133 cm³/mol. The lowest BCUT2D eigenvalue weighted by atomic mass is 9.83. The Morgan fingerprint density at radius 3 is 2.49 bits per heavy atom. The fourth-order valence-electron chi connectivity index (χ4n) is 5.12. The van der Waals surface area contributed by atoms with Gasteiger partial charge in [-0.15, -0.1) is 0 Å².